The zero-order valence-electron chi connectivity index (χ0n) is 16.5. The molecule has 0 radical (unpaired) electrons. The van der Waals surface area contributed by atoms with E-state index in [1.807, 2.05) is 19.1 Å². The molecule has 3 aromatic rings. The monoisotopic (exact) mass is 409 g/mol. The summed E-state index contributed by atoms with van der Waals surface area (Å²) in [6, 6.07) is 9.21. The molecule has 154 valence electrons. The van der Waals surface area contributed by atoms with Gasteiger partial charge in [-0.2, -0.15) is 5.10 Å². The predicted octanol–water partition coefficient (Wildman–Crippen LogP) is 2.51. The third kappa shape index (κ3) is 3.97. The molecular formula is C20H19N5O5. The van der Waals surface area contributed by atoms with Crippen LogP contribution < -0.4 is 16.7 Å². The number of nitro benzene ring substituents is 1. The zero-order valence-corrected chi connectivity index (χ0v) is 16.5. The van der Waals surface area contributed by atoms with Crippen LogP contribution in [-0.2, 0) is 0 Å². The lowest BCUT2D eigenvalue weighted by molar-refractivity contribution is -0.384. The topological polar surface area (TPSA) is 143 Å². The van der Waals surface area contributed by atoms with Crippen molar-refractivity contribution >= 4 is 17.6 Å². The maximum absolute atomic E-state index is 12.4. The molecule has 0 spiro atoms. The van der Waals surface area contributed by atoms with Crippen molar-refractivity contribution in [2.45, 2.75) is 20.8 Å². The van der Waals surface area contributed by atoms with Gasteiger partial charge in [0.15, 0.2) is 0 Å². The number of aromatic nitrogens is 2. The summed E-state index contributed by atoms with van der Waals surface area (Å²) < 4.78 is 1.03. The van der Waals surface area contributed by atoms with Gasteiger partial charge >= 0.3 is 5.69 Å². The number of anilines is 1. The molecule has 10 nitrogen and oxygen atoms in total. The quantitative estimate of drug-likeness (QED) is 0.336. The molecule has 0 atom stereocenters. The van der Waals surface area contributed by atoms with Crippen LogP contribution in [-0.4, -0.2) is 25.8 Å². The van der Waals surface area contributed by atoms with Crippen LogP contribution in [0.2, 0.25) is 0 Å². The number of aryl methyl sites for hydroxylation is 3. The number of hydrogen-bond donors (Lipinski definition) is 3. The highest BCUT2D eigenvalue weighted by molar-refractivity contribution is 5.83. The lowest BCUT2D eigenvalue weighted by Gasteiger charge is -2.15. The van der Waals surface area contributed by atoms with Crippen LogP contribution in [0.3, 0.4) is 0 Å². The van der Waals surface area contributed by atoms with E-state index in [4.69, 9.17) is 0 Å². The predicted molar refractivity (Wildman–Crippen MR) is 113 cm³/mol. The van der Waals surface area contributed by atoms with Crippen LogP contribution in [0.1, 0.15) is 22.3 Å². The van der Waals surface area contributed by atoms with E-state index < -0.39 is 22.1 Å². The first kappa shape index (κ1) is 20.5. The fourth-order valence-corrected chi connectivity index (χ4v) is 3.22. The number of H-pyrrole nitrogens is 1. The first-order valence-corrected chi connectivity index (χ1v) is 8.89. The van der Waals surface area contributed by atoms with Gasteiger partial charge < -0.3 is 5.11 Å². The van der Waals surface area contributed by atoms with Crippen molar-refractivity contribution in [3.63, 3.8) is 0 Å². The molecule has 0 aliphatic carbocycles. The SMILES string of the molecule is Cc1cc(C)c(-n2c(O)c(C=NNc3ccc([N+](=O)[O-])cc3)c(=O)[nH]c2=O)c(C)c1. The lowest BCUT2D eigenvalue weighted by Crippen LogP contribution is -2.32. The van der Waals surface area contributed by atoms with Crippen molar-refractivity contribution in [1.29, 1.82) is 0 Å². The van der Waals surface area contributed by atoms with Crippen LogP contribution in [0.5, 0.6) is 5.88 Å². The summed E-state index contributed by atoms with van der Waals surface area (Å²) in [5.74, 6) is -0.548. The van der Waals surface area contributed by atoms with Crippen molar-refractivity contribution < 1.29 is 10.0 Å². The molecule has 0 aliphatic rings. The number of benzene rings is 2. The molecule has 1 aromatic heterocycles. The summed E-state index contributed by atoms with van der Waals surface area (Å²) in [5, 5.41) is 25.2. The normalized spacial score (nSPS) is 11.0. The highest BCUT2D eigenvalue weighted by Gasteiger charge is 2.17. The first-order chi connectivity index (χ1) is 14.2. The van der Waals surface area contributed by atoms with Gasteiger partial charge in [0.1, 0.15) is 5.56 Å². The van der Waals surface area contributed by atoms with Crippen LogP contribution in [0.15, 0.2) is 51.1 Å². The number of nitro groups is 1. The third-order valence-electron chi connectivity index (χ3n) is 4.45. The molecule has 0 unspecified atom stereocenters. The Labute approximate surface area is 170 Å². The lowest BCUT2D eigenvalue weighted by atomic mass is 10.0. The summed E-state index contributed by atoms with van der Waals surface area (Å²) in [5.41, 5.74) is 4.16. The standard InChI is InChI=1S/C20H19N5O5/c1-11-8-12(2)17(13(3)9-11)24-19(27)16(18(26)22-20(24)28)10-21-23-14-4-6-15(7-5-14)25(29)30/h4-10,23,27H,1-3H3,(H,22,26,28). The number of nitrogens with one attached hydrogen (secondary N) is 2. The summed E-state index contributed by atoms with van der Waals surface area (Å²) in [4.78, 5) is 37.0. The number of aromatic hydroxyl groups is 1. The van der Waals surface area contributed by atoms with E-state index in [2.05, 4.69) is 15.5 Å². The molecule has 0 saturated carbocycles. The second kappa shape index (κ2) is 8.03. The summed E-state index contributed by atoms with van der Waals surface area (Å²) >= 11 is 0. The summed E-state index contributed by atoms with van der Waals surface area (Å²) in [7, 11) is 0. The van der Waals surface area contributed by atoms with Gasteiger partial charge in [0.05, 0.1) is 22.5 Å². The minimum Gasteiger partial charge on any atom is -0.493 e. The minimum absolute atomic E-state index is 0.0745. The highest BCUT2D eigenvalue weighted by Crippen LogP contribution is 2.24. The average Bonchev–Trinajstić information content (AvgIpc) is 2.66. The Hall–Kier alpha value is -4.21. The largest absolute Gasteiger partial charge is 0.493 e. The fraction of sp³-hybridized carbons (Fsp3) is 0.150. The Morgan fingerprint density at radius 3 is 2.30 bits per heavy atom. The van der Waals surface area contributed by atoms with Crippen molar-refractivity contribution in [2.24, 2.45) is 5.10 Å². The smallest absolute Gasteiger partial charge is 0.335 e. The molecule has 3 N–H and O–H groups in total. The van der Waals surface area contributed by atoms with Gasteiger partial charge in [-0.1, -0.05) is 17.7 Å². The maximum Gasteiger partial charge on any atom is 0.335 e. The van der Waals surface area contributed by atoms with E-state index in [9.17, 15) is 24.8 Å². The van der Waals surface area contributed by atoms with E-state index in [0.29, 0.717) is 11.4 Å². The summed E-state index contributed by atoms with van der Waals surface area (Å²) in [6.45, 7) is 5.52. The Balaban J connectivity index is 2.00. The first-order valence-electron chi connectivity index (χ1n) is 8.89. The Kier molecular flexibility index (Phi) is 5.50. The van der Waals surface area contributed by atoms with Crippen molar-refractivity contribution in [3.05, 3.63) is 89.6 Å². The van der Waals surface area contributed by atoms with Gasteiger partial charge in [-0.05, 0) is 44.0 Å². The van der Waals surface area contributed by atoms with E-state index in [-0.39, 0.29) is 11.3 Å². The maximum atomic E-state index is 12.4. The van der Waals surface area contributed by atoms with E-state index >= 15 is 0 Å². The number of non-ortho nitro benzene ring substituents is 1. The average molecular weight is 409 g/mol. The number of nitrogens with zero attached hydrogens (tertiary/aromatic N) is 3. The molecule has 0 fully saturated rings. The van der Waals surface area contributed by atoms with Crippen LogP contribution in [0.25, 0.3) is 5.69 Å². The van der Waals surface area contributed by atoms with E-state index in [0.717, 1.165) is 27.5 Å². The zero-order chi connectivity index (χ0) is 22.0. The fourth-order valence-electron chi connectivity index (χ4n) is 3.22. The molecule has 30 heavy (non-hydrogen) atoms. The number of hydrogen-bond acceptors (Lipinski definition) is 7. The Bertz CT molecular complexity index is 1250. The number of hydrazone groups is 1. The van der Waals surface area contributed by atoms with Crippen molar-refractivity contribution in [1.82, 2.24) is 9.55 Å². The molecule has 0 amide bonds. The van der Waals surface area contributed by atoms with Gasteiger partial charge in [0.25, 0.3) is 11.2 Å². The second-order valence-electron chi connectivity index (χ2n) is 6.75. The molecular weight excluding hydrogens is 390 g/mol. The van der Waals surface area contributed by atoms with Crippen molar-refractivity contribution in [3.8, 4) is 11.6 Å². The van der Waals surface area contributed by atoms with Crippen LogP contribution >= 0.6 is 0 Å². The van der Waals surface area contributed by atoms with Crippen molar-refractivity contribution in [2.75, 3.05) is 5.43 Å². The molecule has 0 saturated heterocycles. The Morgan fingerprint density at radius 1 is 1.13 bits per heavy atom. The Morgan fingerprint density at radius 2 is 1.73 bits per heavy atom. The van der Waals surface area contributed by atoms with Crippen LogP contribution in [0, 0.1) is 30.9 Å². The van der Waals surface area contributed by atoms with E-state index in [1.165, 1.54) is 24.3 Å². The van der Waals surface area contributed by atoms with Gasteiger partial charge in [-0.25, -0.2) is 9.36 Å². The molecule has 1 heterocycles. The molecule has 0 bridgehead atoms. The van der Waals surface area contributed by atoms with Gasteiger partial charge in [0.2, 0.25) is 5.88 Å². The molecule has 2 aromatic carbocycles. The minimum atomic E-state index is -0.801. The number of aromatic amines is 1. The molecule has 0 aliphatic heterocycles. The van der Waals surface area contributed by atoms with Crippen LogP contribution in [0.4, 0.5) is 11.4 Å². The molecule has 3 rings (SSSR count). The number of rotatable bonds is 5. The summed E-state index contributed by atoms with van der Waals surface area (Å²) in [6.07, 6.45) is 1.07. The molecule has 10 heteroatoms. The van der Waals surface area contributed by atoms with E-state index in [1.54, 1.807) is 13.8 Å². The van der Waals surface area contributed by atoms with Gasteiger partial charge in [-0.15, -0.1) is 0 Å². The third-order valence-corrected chi connectivity index (χ3v) is 4.45. The second-order valence-corrected chi connectivity index (χ2v) is 6.75. The van der Waals surface area contributed by atoms with Gasteiger partial charge in [-0.3, -0.25) is 25.3 Å². The van der Waals surface area contributed by atoms with Gasteiger partial charge in [0, 0.05) is 12.1 Å². The highest BCUT2D eigenvalue weighted by atomic mass is 16.6.